The lowest BCUT2D eigenvalue weighted by molar-refractivity contribution is 0.309. The lowest BCUT2D eigenvalue weighted by Gasteiger charge is -2.17. The van der Waals surface area contributed by atoms with E-state index in [2.05, 4.69) is 37.1 Å². The number of nitrogens with zero attached hydrogens (tertiary/aromatic N) is 5. The van der Waals surface area contributed by atoms with Crippen LogP contribution in [0.15, 0.2) is 18.3 Å². The van der Waals surface area contributed by atoms with Crippen LogP contribution in [0.2, 0.25) is 0 Å². The van der Waals surface area contributed by atoms with Gasteiger partial charge in [-0.1, -0.05) is 0 Å². The van der Waals surface area contributed by atoms with E-state index in [9.17, 15) is 0 Å². The predicted octanol–water partition coefficient (Wildman–Crippen LogP) is 2.77. The maximum atomic E-state index is 4.88. The average Bonchev–Trinajstić information content (AvgIpc) is 3.57. The Balaban J connectivity index is 1.32. The molecule has 2 aliphatic carbocycles. The Morgan fingerprint density at radius 2 is 2.04 bits per heavy atom. The number of aromatic nitrogens is 4. The molecule has 3 aliphatic rings. The third-order valence-corrected chi connectivity index (χ3v) is 6.16. The maximum absolute atomic E-state index is 4.88. The van der Waals surface area contributed by atoms with Crippen molar-refractivity contribution in [3.63, 3.8) is 0 Å². The Morgan fingerprint density at radius 1 is 1.19 bits per heavy atom. The van der Waals surface area contributed by atoms with Gasteiger partial charge in [-0.25, -0.2) is 9.97 Å². The van der Waals surface area contributed by atoms with Crippen molar-refractivity contribution in [1.29, 1.82) is 0 Å². The molecule has 0 aromatic carbocycles. The van der Waals surface area contributed by atoms with E-state index in [0.29, 0.717) is 11.8 Å². The fraction of sp³-hybridized carbons (Fsp3) is 0.650. The van der Waals surface area contributed by atoms with Gasteiger partial charge in [-0.15, -0.1) is 0 Å². The molecule has 1 aliphatic heterocycles. The molecular formula is C20H28N6. The molecule has 0 amide bonds. The summed E-state index contributed by atoms with van der Waals surface area (Å²) in [6.45, 7) is 3.25. The van der Waals surface area contributed by atoms with Gasteiger partial charge in [0.1, 0.15) is 11.6 Å². The van der Waals surface area contributed by atoms with Crippen LogP contribution in [0.5, 0.6) is 0 Å². The third kappa shape index (κ3) is 3.22. The van der Waals surface area contributed by atoms with Gasteiger partial charge in [0.15, 0.2) is 5.82 Å². The first kappa shape index (κ1) is 16.2. The van der Waals surface area contributed by atoms with Crippen molar-refractivity contribution >= 4 is 5.82 Å². The van der Waals surface area contributed by atoms with Crippen molar-refractivity contribution < 1.29 is 0 Å². The number of nitrogens with one attached hydrogen (secondary N) is 1. The number of pyridine rings is 1. The van der Waals surface area contributed by atoms with E-state index in [1.54, 1.807) is 0 Å². The first-order valence-corrected chi connectivity index (χ1v) is 9.94. The first-order valence-electron chi connectivity index (χ1n) is 9.94. The molecule has 1 saturated heterocycles. The van der Waals surface area contributed by atoms with Gasteiger partial charge in [0.2, 0.25) is 0 Å². The van der Waals surface area contributed by atoms with Crippen LogP contribution >= 0.6 is 0 Å². The summed E-state index contributed by atoms with van der Waals surface area (Å²) in [5, 5.41) is 7.79. The van der Waals surface area contributed by atoms with Gasteiger partial charge in [-0.2, -0.15) is 5.10 Å². The Bertz CT molecular complexity index is 776. The van der Waals surface area contributed by atoms with Crippen LogP contribution in [0.4, 0.5) is 5.82 Å². The minimum Gasteiger partial charge on any atom is -0.363 e. The van der Waals surface area contributed by atoms with Crippen LogP contribution in [0.1, 0.15) is 54.7 Å². The molecule has 6 heteroatoms. The van der Waals surface area contributed by atoms with E-state index < -0.39 is 0 Å². The standard InChI is InChI=1S/C20H28N6/c1-25(2)18-9-13(7-8-21-18)10-26-11-16(14-3-4-14)17(12-26)20-22-19(23-24-20)15-5-6-15/h7-9,14-17H,3-6,10-12H2,1-2H3,(H,22,23,24)/t16-,17+/m1/s1. The number of aromatic amines is 1. The topological polar surface area (TPSA) is 60.9 Å². The number of hydrogen-bond acceptors (Lipinski definition) is 5. The molecule has 2 aromatic heterocycles. The van der Waals surface area contributed by atoms with Crippen LogP contribution in [0.25, 0.3) is 0 Å². The van der Waals surface area contributed by atoms with Crippen LogP contribution < -0.4 is 4.90 Å². The lowest BCUT2D eigenvalue weighted by Crippen LogP contribution is -2.21. The number of anilines is 1. The Hall–Kier alpha value is -1.95. The summed E-state index contributed by atoms with van der Waals surface area (Å²) in [6, 6.07) is 4.35. The number of H-pyrrole nitrogens is 1. The van der Waals surface area contributed by atoms with Crippen molar-refractivity contribution in [2.45, 2.75) is 44.1 Å². The molecule has 1 N–H and O–H groups in total. The molecule has 3 heterocycles. The largest absolute Gasteiger partial charge is 0.363 e. The molecule has 2 aromatic rings. The Labute approximate surface area is 155 Å². The van der Waals surface area contributed by atoms with Crippen molar-refractivity contribution in [1.82, 2.24) is 25.1 Å². The lowest BCUT2D eigenvalue weighted by atomic mass is 9.91. The molecule has 26 heavy (non-hydrogen) atoms. The molecule has 0 radical (unpaired) electrons. The Morgan fingerprint density at radius 3 is 2.77 bits per heavy atom. The summed E-state index contributed by atoms with van der Waals surface area (Å²) >= 11 is 0. The van der Waals surface area contributed by atoms with Crippen LogP contribution in [-0.2, 0) is 6.54 Å². The van der Waals surface area contributed by atoms with Crippen molar-refractivity contribution in [2.24, 2.45) is 11.8 Å². The monoisotopic (exact) mass is 352 g/mol. The van der Waals surface area contributed by atoms with E-state index in [1.807, 2.05) is 20.3 Å². The zero-order valence-corrected chi connectivity index (χ0v) is 15.7. The highest BCUT2D eigenvalue weighted by molar-refractivity contribution is 5.39. The second-order valence-electron chi connectivity index (χ2n) is 8.57. The van der Waals surface area contributed by atoms with Crippen LogP contribution in [0, 0.1) is 11.8 Å². The summed E-state index contributed by atoms with van der Waals surface area (Å²) in [5.41, 5.74) is 1.34. The summed E-state index contributed by atoms with van der Waals surface area (Å²) < 4.78 is 0. The molecule has 2 atom stereocenters. The van der Waals surface area contributed by atoms with Crippen molar-refractivity contribution in [3.05, 3.63) is 35.5 Å². The fourth-order valence-electron chi connectivity index (χ4n) is 4.37. The highest BCUT2D eigenvalue weighted by atomic mass is 15.2. The first-order chi connectivity index (χ1) is 12.7. The average molecular weight is 352 g/mol. The minimum atomic E-state index is 0.512. The Kier molecular flexibility index (Phi) is 3.96. The quantitative estimate of drug-likeness (QED) is 0.866. The van der Waals surface area contributed by atoms with Gasteiger partial charge in [-0.3, -0.25) is 10.00 Å². The highest BCUT2D eigenvalue weighted by Gasteiger charge is 2.44. The van der Waals surface area contributed by atoms with E-state index in [4.69, 9.17) is 4.98 Å². The van der Waals surface area contributed by atoms with Crippen LogP contribution in [0.3, 0.4) is 0 Å². The number of likely N-dealkylation sites (tertiary alicyclic amines) is 1. The number of rotatable bonds is 6. The zero-order chi connectivity index (χ0) is 17.7. The summed E-state index contributed by atoms with van der Waals surface area (Å²) in [4.78, 5) is 14.0. The smallest absolute Gasteiger partial charge is 0.153 e. The summed E-state index contributed by atoms with van der Waals surface area (Å²) in [6.07, 6.45) is 7.22. The number of hydrogen-bond donors (Lipinski definition) is 1. The second-order valence-corrected chi connectivity index (χ2v) is 8.57. The molecular weight excluding hydrogens is 324 g/mol. The molecule has 0 bridgehead atoms. The van der Waals surface area contributed by atoms with E-state index in [-0.39, 0.29) is 0 Å². The highest BCUT2D eigenvalue weighted by Crippen LogP contribution is 2.47. The van der Waals surface area contributed by atoms with Gasteiger partial charge >= 0.3 is 0 Å². The third-order valence-electron chi connectivity index (χ3n) is 6.16. The molecule has 3 fully saturated rings. The van der Waals surface area contributed by atoms with E-state index in [1.165, 1.54) is 37.8 Å². The summed E-state index contributed by atoms with van der Waals surface area (Å²) in [7, 11) is 4.09. The SMILES string of the molecule is CN(C)c1cc(CN2C[C@H](c3nc(C4CC4)n[nH]3)[C@@H](C3CC3)C2)ccn1. The van der Waals surface area contributed by atoms with E-state index >= 15 is 0 Å². The van der Waals surface area contributed by atoms with Gasteiger partial charge in [0, 0.05) is 51.8 Å². The summed E-state index contributed by atoms with van der Waals surface area (Å²) in [5.74, 6) is 5.96. The molecule has 2 saturated carbocycles. The van der Waals surface area contributed by atoms with Gasteiger partial charge in [0.05, 0.1) is 0 Å². The van der Waals surface area contributed by atoms with Crippen molar-refractivity contribution in [2.75, 3.05) is 32.1 Å². The van der Waals surface area contributed by atoms with Gasteiger partial charge in [0.25, 0.3) is 0 Å². The molecule has 0 spiro atoms. The normalized spacial score (nSPS) is 26.4. The maximum Gasteiger partial charge on any atom is 0.153 e. The second kappa shape index (κ2) is 6.34. The molecule has 5 rings (SSSR count). The van der Waals surface area contributed by atoms with Gasteiger partial charge < -0.3 is 4.90 Å². The minimum absolute atomic E-state index is 0.512. The molecule has 6 nitrogen and oxygen atoms in total. The van der Waals surface area contributed by atoms with Crippen molar-refractivity contribution in [3.8, 4) is 0 Å². The van der Waals surface area contributed by atoms with Gasteiger partial charge in [-0.05, 0) is 55.2 Å². The predicted molar refractivity (Wildman–Crippen MR) is 101 cm³/mol. The zero-order valence-electron chi connectivity index (χ0n) is 15.7. The van der Waals surface area contributed by atoms with Crippen LogP contribution in [-0.4, -0.2) is 52.3 Å². The molecule has 0 unspecified atom stereocenters. The fourth-order valence-corrected chi connectivity index (χ4v) is 4.37. The molecule has 138 valence electrons. The van der Waals surface area contributed by atoms with E-state index in [0.717, 1.165) is 42.4 Å².